The number of aryl methyl sites for hydroxylation is 1. The van der Waals surface area contributed by atoms with Crippen molar-refractivity contribution < 1.29 is 47.9 Å². The van der Waals surface area contributed by atoms with Crippen molar-refractivity contribution in [2.24, 2.45) is 5.41 Å². The summed E-state index contributed by atoms with van der Waals surface area (Å²) in [7, 11) is 3.07. The number of benzene rings is 3. The first kappa shape index (κ1) is 60.8. The van der Waals surface area contributed by atoms with Crippen molar-refractivity contribution in [1.82, 2.24) is 35.3 Å². The molecule has 3 aromatic carbocycles. The third-order valence-electron chi connectivity index (χ3n) is 13.8. The van der Waals surface area contributed by atoms with Gasteiger partial charge in [0.1, 0.15) is 17.9 Å². The largest absolute Gasteiger partial charge is 0.495 e. The minimum absolute atomic E-state index is 0.0665. The van der Waals surface area contributed by atoms with Gasteiger partial charge >= 0.3 is 0 Å². The number of nitrogens with zero attached hydrogens (tertiary/aromatic N) is 6. The number of methoxy groups -OCH3 is 2. The molecule has 4 N–H and O–H groups in total. The van der Waals surface area contributed by atoms with Gasteiger partial charge in [0, 0.05) is 82.6 Å². The fraction of sp³-hybridized carbons (Fsp3) is 0.509. The van der Waals surface area contributed by atoms with Crippen LogP contribution in [0.5, 0.6) is 17.2 Å². The SMILES string of the molecule is COc1cc(Nc2c(C#N)cnc3cc(OCCCN4CCN(C(=O)CCOCCOCCOCCCNC(C(=O)N5C[C@H](O)C[C@H]5C(=O)NCc5ccc(-c6scnc6C)cc5)C(C)(C)C)CC4)c(OC)cc23)c(Cl)cc1Cl. The maximum atomic E-state index is 14.0. The summed E-state index contributed by atoms with van der Waals surface area (Å²) in [6.45, 7) is 15.2. The number of rotatable bonds is 28. The van der Waals surface area contributed by atoms with E-state index in [0.717, 1.165) is 47.8 Å². The molecule has 7 rings (SSSR count). The molecule has 2 aliphatic heterocycles. The van der Waals surface area contributed by atoms with Crippen LogP contribution in [0.2, 0.25) is 10.0 Å². The summed E-state index contributed by atoms with van der Waals surface area (Å²) in [5, 5.41) is 31.5. The standard InChI is InChI=1S/C57H73Cl2N9O10S/c1-37-53(79-36-64-37)39-11-9-38(10-12-39)33-63-55(71)47-27-41(69)35-68(47)56(72)54(57(2,3)4)61-14-7-20-75-23-25-77-26-24-76-22-13-51(70)67-18-16-66(17-19-67)15-8-21-78-50-30-45-42(28-49(50)74-6)52(40(32-60)34-62-45)65-46-31-48(73-5)44(59)29-43(46)58/h9-12,28-31,34,36,41,47,54,61,69H,7-8,13-27,33,35H2,1-6H3,(H,62,65)(H,63,71)/t41-,47+,54?/m1/s1. The molecule has 0 spiro atoms. The van der Waals surface area contributed by atoms with Crippen LogP contribution in [0.15, 0.2) is 60.2 Å². The van der Waals surface area contributed by atoms with Crippen LogP contribution in [0.3, 0.4) is 0 Å². The van der Waals surface area contributed by atoms with Gasteiger partial charge in [-0.3, -0.25) is 24.3 Å². The van der Waals surface area contributed by atoms with E-state index < -0.39 is 23.6 Å². The van der Waals surface area contributed by atoms with Crippen LogP contribution in [0.4, 0.5) is 11.4 Å². The highest BCUT2D eigenvalue weighted by molar-refractivity contribution is 7.13. The summed E-state index contributed by atoms with van der Waals surface area (Å²) < 4.78 is 34.4. The minimum Gasteiger partial charge on any atom is -0.495 e. The molecule has 2 saturated heterocycles. The number of anilines is 2. The number of hydrogen-bond acceptors (Lipinski definition) is 17. The number of piperazine rings is 1. The minimum atomic E-state index is -0.784. The molecule has 2 aromatic heterocycles. The average molecular weight is 1150 g/mol. The molecule has 5 aromatic rings. The van der Waals surface area contributed by atoms with Crippen LogP contribution in [0.1, 0.15) is 63.3 Å². The highest BCUT2D eigenvalue weighted by atomic mass is 35.5. The number of aliphatic hydroxyl groups is 1. The first-order chi connectivity index (χ1) is 38.1. The number of amides is 3. The van der Waals surface area contributed by atoms with Crippen molar-refractivity contribution in [1.29, 1.82) is 5.26 Å². The van der Waals surface area contributed by atoms with E-state index in [9.17, 15) is 24.8 Å². The van der Waals surface area contributed by atoms with Gasteiger partial charge in [0.05, 0.1) is 121 Å². The molecule has 426 valence electrons. The van der Waals surface area contributed by atoms with Gasteiger partial charge in [-0.1, -0.05) is 68.2 Å². The lowest BCUT2D eigenvalue weighted by molar-refractivity contribution is -0.142. The van der Waals surface area contributed by atoms with Crippen LogP contribution in [-0.2, 0) is 35.1 Å². The Morgan fingerprint density at radius 1 is 0.873 bits per heavy atom. The van der Waals surface area contributed by atoms with E-state index >= 15 is 0 Å². The van der Waals surface area contributed by atoms with Crippen LogP contribution in [-0.4, -0.2) is 172 Å². The van der Waals surface area contributed by atoms with E-state index in [2.05, 4.69) is 36.9 Å². The summed E-state index contributed by atoms with van der Waals surface area (Å²) >= 11 is 14.3. The van der Waals surface area contributed by atoms with Gasteiger partial charge in [0.15, 0.2) is 11.5 Å². The highest BCUT2D eigenvalue weighted by Crippen LogP contribution is 2.41. The molecule has 0 aliphatic carbocycles. The zero-order valence-electron chi connectivity index (χ0n) is 45.9. The summed E-state index contributed by atoms with van der Waals surface area (Å²) in [5.41, 5.74) is 6.27. The fourth-order valence-electron chi connectivity index (χ4n) is 9.47. The predicted molar refractivity (Wildman–Crippen MR) is 306 cm³/mol. The second-order valence-electron chi connectivity index (χ2n) is 20.5. The second kappa shape index (κ2) is 29.6. The van der Waals surface area contributed by atoms with Gasteiger partial charge < -0.3 is 59.3 Å². The Morgan fingerprint density at radius 3 is 2.25 bits per heavy atom. The highest BCUT2D eigenvalue weighted by Gasteiger charge is 2.43. The maximum Gasteiger partial charge on any atom is 0.243 e. The van der Waals surface area contributed by atoms with Crippen LogP contribution < -0.4 is 30.2 Å². The number of aromatic nitrogens is 2. The molecule has 1 unspecified atom stereocenters. The van der Waals surface area contributed by atoms with E-state index in [-0.39, 0.29) is 30.7 Å². The number of carbonyl (C=O) groups is 3. The Morgan fingerprint density at radius 2 is 1.58 bits per heavy atom. The monoisotopic (exact) mass is 1150 g/mol. The van der Waals surface area contributed by atoms with E-state index in [0.29, 0.717) is 140 Å². The number of thiazole rings is 1. The quantitative estimate of drug-likeness (QED) is 0.0354. The van der Waals surface area contributed by atoms with Crippen LogP contribution in [0, 0.1) is 23.7 Å². The first-order valence-corrected chi connectivity index (χ1v) is 28.3. The van der Waals surface area contributed by atoms with Gasteiger partial charge in [-0.25, -0.2) is 4.98 Å². The predicted octanol–water partition coefficient (Wildman–Crippen LogP) is 7.63. The van der Waals surface area contributed by atoms with Crippen LogP contribution in [0.25, 0.3) is 21.3 Å². The van der Waals surface area contributed by atoms with Crippen molar-refractivity contribution in [3.05, 3.63) is 87.1 Å². The molecule has 22 heteroatoms. The molecule has 0 bridgehead atoms. The van der Waals surface area contributed by atoms with Crippen molar-refractivity contribution in [3.8, 4) is 33.8 Å². The van der Waals surface area contributed by atoms with E-state index in [4.69, 9.17) is 51.6 Å². The smallest absolute Gasteiger partial charge is 0.243 e. The molecule has 2 fully saturated rings. The van der Waals surface area contributed by atoms with E-state index in [1.54, 1.807) is 42.7 Å². The lowest BCUT2D eigenvalue weighted by Crippen LogP contribution is -2.56. The molecule has 19 nitrogen and oxygen atoms in total. The number of carbonyl (C=O) groups excluding carboxylic acids is 3. The number of fused-ring (bicyclic) bond motifs is 1. The van der Waals surface area contributed by atoms with E-state index in [1.807, 2.05) is 62.4 Å². The number of pyridine rings is 1. The summed E-state index contributed by atoms with van der Waals surface area (Å²) in [5.74, 6) is 1.01. The summed E-state index contributed by atoms with van der Waals surface area (Å²) in [6.07, 6.45) is 2.61. The zero-order valence-corrected chi connectivity index (χ0v) is 48.2. The van der Waals surface area contributed by atoms with Gasteiger partial charge in [-0.05, 0) is 55.0 Å². The number of nitrogens with one attached hydrogen (secondary N) is 3. The fourth-order valence-corrected chi connectivity index (χ4v) is 10.8. The van der Waals surface area contributed by atoms with Gasteiger partial charge in [-0.2, -0.15) is 5.26 Å². The molecule has 3 amide bonds. The number of likely N-dealkylation sites (tertiary alicyclic amines) is 1. The Hall–Kier alpha value is -5.86. The molecule has 3 atom stereocenters. The molecular formula is C57H73Cl2N9O10S. The lowest BCUT2D eigenvalue weighted by atomic mass is 9.85. The molecule has 0 radical (unpaired) electrons. The topological polar surface area (TPSA) is 222 Å². The molecule has 2 aliphatic rings. The Bertz CT molecular complexity index is 2870. The molecule has 4 heterocycles. The molecule has 0 saturated carbocycles. The number of hydrogen-bond donors (Lipinski definition) is 4. The van der Waals surface area contributed by atoms with Gasteiger partial charge in [0.2, 0.25) is 17.7 Å². The summed E-state index contributed by atoms with van der Waals surface area (Å²) in [4.78, 5) is 56.1. The number of ether oxygens (including phenoxy) is 6. The Balaban J connectivity index is 0.716. The maximum absolute atomic E-state index is 14.0. The average Bonchev–Trinajstić information content (AvgIpc) is 4.08. The number of nitriles is 1. The molecular weight excluding hydrogens is 1070 g/mol. The zero-order chi connectivity index (χ0) is 56.5. The van der Waals surface area contributed by atoms with Gasteiger partial charge in [0.25, 0.3) is 0 Å². The van der Waals surface area contributed by atoms with Crippen molar-refractivity contribution >= 4 is 74.5 Å². The lowest BCUT2D eigenvalue weighted by Gasteiger charge is -2.35. The Labute approximate surface area is 476 Å². The number of halogens is 2. The third-order valence-corrected chi connectivity index (χ3v) is 15.4. The Kier molecular flexibility index (Phi) is 22.7. The third kappa shape index (κ3) is 16.8. The molecule has 79 heavy (non-hydrogen) atoms. The van der Waals surface area contributed by atoms with E-state index in [1.165, 1.54) is 18.2 Å². The number of aliphatic hydroxyl groups excluding tert-OH is 1. The van der Waals surface area contributed by atoms with Crippen LogP contribution >= 0.6 is 34.5 Å². The van der Waals surface area contributed by atoms with Crippen molar-refractivity contribution in [2.45, 2.75) is 78.1 Å². The van der Waals surface area contributed by atoms with Gasteiger partial charge in [-0.15, -0.1) is 11.3 Å². The second-order valence-corrected chi connectivity index (χ2v) is 22.1. The normalized spacial score (nSPS) is 16.2. The van der Waals surface area contributed by atoms with Crippen molar-refractivity contribution in [2.75, 3.05) is 112 Å². The summed E-state index contributed by atoms with van der Waals surface area (Å²) in [6, 6.07) is 15.7. The van der Waals surface area contributed by atoms with Crippen molar-refractivity contribution in [3.63, 3.8) is 0 Å². The number of β-amino-alcohol motifs (C(OH)–C–C–N with tert-alkyl or cyclic N) is 1. The first-order valence-electron chi connectivity index (χ1n) is 26.6.